The maximum absolute atomic E-state index is 13.3. The van der Waals surface area contributed by atoms with Crippen LogP contribution in [0.2, 0.25) is 0 Å². The Balaban J connectivity index is 1.21. The molecule has 1 aromatic heterocycles. The van der Waals surface area contributed by atoms with E-state index in [9.17, 15) is 4.79 Å². The Bertz CT molecular complexity index is 1370. The number of anilines is 2. The molecule has 2 atom stereocenters. The Hall–Kier alpha value is -4.04. The molecule has 5 rings (SSSR count). The monoisotopic (exact) mass is 527 g/mol. The van der Waals surface area contributed by atoms with E-state index < -0.39 is 0 Å². The van der Waals surface area contributed by atoms with Crippen molar-refractivity contribution in [2.75, 3.05) is 43.1 Å². The third kappa shape index (κ3) is 6.01. The maximum atomic E-state index is 13.3. The van der Waals surface area contributed by atoms with Gasteiger partial charge in [-0.2, -0.15) is 5.10 Å². The number of nitrogens with zero attached hydrogens (tertiary/aromatic N) is 5. The molecule has 2 heterocycles. The van der Waals surface area contributed by atoms with E-state index in [1.54, 1.807) is 22.7 Å². The second kappa shape index (κ2) is 12.2. The number of hydrogen-bond acceptors (Lipinski definition) is 6. The first-order valence-corrected chi connectivity index (χ1v) is 13.6. The summed E-state index contributed by atoms with van der Waals surface area (Å²) in [6, 6.07) is 26.3. The van der Waals surface area contributed by atoms with E-state index in [-0.39, 0.29) is 17.8 Å². The molecule has 4 aromatic rings. The quantitative estimate of drug-likeness (QED) is 0.292. The number of piperazine rings is 1. The molecule has 1 saturated heterocycles. The molecule has 1 aliphatic heterocycles. The summed E-state index contributed by atoms with van der Waals surface area (Å²) in [4.78, 5) is 18.1. The van der Waals surface area contributed by atoms with E-state index in [2.05, 4.69) is 46.1 Å². The highest BCUT2D eigenvalue weighted by Crippen LogP contribution is 2.24. The second-order valence-corrected chi connectivity index (χ2v) is 9.89. The summed E-state index contributed by atoms with van der Waals surface area (Å²) in [5.74, 6) is 0.873. The smallest absolute Gasteiger partial charge is 0.350 e. The lowest BCUT2D eigenvalue weighted by Crippen LogP contribution is -2.46. The average Bonchev–Trinajstić information content (AvgIpc) is 3.38. The van der Waals surface area contributed by atoms with Crippen LogP contribution in [0.4, 0.5) is 11.4 Å². The highest BCUT2D eigenvalue weighted by atomic mass is 16.5. The van der Waals surface area contributed by atoms with Gasteiger partial charge in [0.15, 0.2) is 0 Å². The zero-order valence-corrected chi connectivity index (χ0v) is 22.9. The summed E-state index contributed by atoms with van der Waals surface area (Å²) in [5.41, 5.74) is 4.13. The van der Waals surface area contributed by atoms with Crippen LogP contribution in [-0.4, -0.2) is 53.7 Å². The van der Waals surface area contributed by atoms with Crippen molar-refractivity contribution in [1.29, 1.82) is 0 Å². The number of rotatable bonds is 10. The Kier molecular flexibility index (Phi) is 8.32. The van der Waals surface area contributed by atoms with Crippen LogP contribution in [0.5, 0.6) is 5.75 Å². The molecule has 1 fully saturated rings. The number of aromatic nitrogens is 3. The topological polar surface area (TPSA) is 64.8 Å². The maximum Gasteiger partial charge on any atom is 0.350 e. The first-order valence-electron chi connectivity index (χ1n) is 13.6. The van der Waals surface area contributed by atoms with Gasteiger partial charge in [0.05, 0.1) is 31.5 Å². The second-order valence-electron chi connectivity index (χ2n) is 9.89. The summed E-state index contributed by atoms with van der Waals surface area (Å²) >= 11 is 0. The molecule has 0 spiro atoms. The van der Waals surface area contributed by atoms with E-state index in [0.717, 1.165) is 55.3 Å². The summed E-state index contributed by atoms with van der Waals surface area (Å²) in [7, 11) is 1.69. The Morgan fingerprint density at radius 2 is 1.38 bits per heavy atom. The number of hydrogen-bond donors (Lipinski definition) is 0. The zero-order chi connectivity index (χ0) is 27.2. The van der Waals surface area contributed by atoms with Crippen LogP contribution in [0.1, 0.15) is 31.9 Å². The van der Waals surface area contributed by atoms with Crippen LogP contribution >= 0.6 is 0 Å². The minimum atomic E-state index is -0.157. The van der Waals surface area contributed by atoms with Crippen LogP contribution in [0, 0.1) is 0 Å². The van der Waals surface area contributed by atoms with Crippen LogP contribution in [0.25, 0.3) is 5.69 Å². The van der Waals surface area contributed by atoms with Gasteiger partial charge in [0.25, 0.3) is 0 Å². The summed E-state index contributed by atoms with van der Waals surface area (Å²) in [6.07, 6.45) is 2.20. The number of methoxy groups -OCH3 is 1. The van der Waals surface area contributed by atoms with Gasteiger partial charge in [0.2, 0.25) is 0 Å². The van der Waals surface area contributed by atoms with Crippen LogP contribution in [0.3, 0.4) is 0 Å². The van der Waals surface area contributed by atoms with Gasteiger partial charge in [-0.05, 0) is 67.4 Å². The van der Waals surface area contributed by atoms with Crippen molar-refractivity contribution >= 4 is 11.4 Å². The predicted molar refractivity (Wildman–Crippen MR) is 155 cm³/mol. The molecule has 0 amide bonds. The Morgan fingerprint density at radius 3 is 1.95 bits per heavy atom. The molecule has 8 nitrogen and oxygen atoms in total. The molecule has 2 unspecified atom stereocenters. The third-order valence-corrected chi connectivity index (χ3v) is 7.53. The fraction of sp³-hybridized carbons (Fsp3) is 0.355. The lowest BCUT2D eigenvalue weighted by molar-refractivity contribution is 0.0117. The van der Waals surface area contributed by atoms with Gasteiger partial charge in [-0.1, -0.05) is 37.3 Å². The van der Waals surface area contributed by atoms with Crippen molar-refractivity contribution in [3.8, 4) is 11.4 Å². The molecule has 0 saturated carbocycles. The lowest BCUT2D eigenvalue weighted by Gasteiger charge is -2.37. The van der Waals surface area contributed by atoms with Crippen molar-refractivity contribution in [3.63, 3.8) is 0 Å². The van der Waals surface area contributed by atoms with E-state index >= 15 is 0 Å². The van der Waals surface area contributed by atoms with E-state index in [1.165, 1.54) is 5.69 Å². The average molecular weight is 528 g/mol. The Morgan fingerprint density at radius 1 is 0.821 bits per heavy atom. The van der Waals surface area contributed by atoms with Crippen molar-refractivity contribution in [1.82, 2.24) is 14.3 Å². The summed E-state index contributed by atoms with van der Waals surface area (Å²) < 4.78 is 14.6. The van der Waals surface area contributed by atoms with Gasteiger partial charge in [0, 0.05) is 37.6 Å². The van der Waals surface area contributed by atoms with Crippen molar-refractivity contribution in [2.24, 2.45) is 0 Å². The molecular formula is C31H37N5O3. The first kappa shape index (κ1) is 26.6. The highest BCUT2D eigenvalue weighted by Gasteiger charge is 2.23. The first-order chi connectivity index (χ1) is 19.1. The fourth-order valence-corrected chi connectivity index (χ4v) is 5.18. The molecule has 8 heteroatoms. The molecule has 204 valence electrons. The minimum Gasteiger partial charge on any atom is -0.497 e. The molecule has 39 heavy (non-hydrogen) atoms. The normalized spacial score (nSPS) is 15.3. The SMILES string of the molecule is CCC(C(C)OCc1ccccc1)n1ncn(-c2ccc(N3CCN(c4ccc(OC)cc4)CC3)cc2)c1=O. The van der Waals surface area contributed by atoms with Crippen molar-refractivity contribution in [2.45, 2.75) is 39.0 Å². The van der Waals surface area contributed by atoms with Gasteiger partial charge in [-0.15, -0.1) is 0 Å². The van der Waals surface area contributed by atoms with Gasteiger partial charge in [-0.3, -0.25) is 0 Å². The molecule has 0 radical (unpaired) electrons. The summed E-state index contributed by atoms with van der Waals surface area (Å²) in [5, 5.41) is 4.46. The van der Waals surface area contributed by atoms with E-state index in [1.807, 2.05) is 61.5 Å². The third-order valence-electron chi connectivity index (χ3n) is 7.53. The number of ether oxygens (including phenoxy) is 2. The van der Waals surface area contributed by atoms with Gasteiger partial charge in [0.1, 0.15) is 12.1 Å². The lowest BCUT2D eigenvalue weighted by atomic mass is 10.1. The predicted octanol–water partition coefficient (Wildman–Crippen LogP) is 4.93. The zero-order valence-electron chi connectivity index (χ0n) is 22.9. The Labute approximate surface area is 230 Å². The largest absolute Gasteiger partial charge is 0.497 e. The molecule has 0 aliphatic carbocycles. The molecule has 1 aliphatic rings. The van der Waals surface area contributed by atoms with Crippen LogP contribution in [-0.2, 0) is 11.3 Å². The van der Waals surface area contributed by atoms with Crippen molar-refractivity contribution < 1.29 is 9.47 Å². The van der Waals surface area contributed by atoms with Gasteiger partial charge < -0.3 is 19.3 Å². The van der Waals surface area contributed by atoms with Gasteiger partial charge in [-0.25, -0.2) is 14.0 Å². The standard InChI is InChI=1S/C31H37N5O3/c1-4-30(24(2)39-22-25-8-6-5-7-9-25)36-31(37)35(23-32-36)28-12-10-26(11-13-28)33-18-20-34(21-19-33)27-14-16-29(38-3)17-15-27/h5-17,23-24,30H,4,18-22H2,1-3H3. The minimum absolute atomic E-state index is 0.149. The fourth-order valence-electron chi connectivity index (χ4n) is 5.18. The molecule has 0 bridgehead atoms. The van der Waals surface area contributed by atoms with Crippen LogP contribution in [0.15, 0.2) is 90.0 Å². The number of benzene rings is 3. The van der Waals surface area contributed by atoms with Crippen LogP contribution < -0.4 is 20.2 Å². The molecule has 3 aromatic carbocycles. The molecular weight excluding hydrogens is 490 g/mol. The summed E-state index contributed by atoms with van der Waals surface area (Å²) in [6.45, 7) is 8.33. The molecule has 0 N–H and O–H groups in total. The van der Waals surface area contributed by atoms with E-state index in [0.29, 0.717) is 6.61 Å². The van der Waals surface area contributed by atoms with Crippen molar-refractivity contribution in [3.05, 3.63) is 101 Å². The highest BCUT2D eigenvalue weighted by molar-refractivity contribution is 5.54. The van der Waals surface area contributed by atoms with Gasteiger partial charge >= 0.3 is 5.69 Å². The van der Waals surface area contributed by atoms with E-state index in [4.69, 9.17) is 9.47 Å².